The molecule has 135 valence electrons. The first-order valence-electron chi connectivity index (χ1n) is 9.60. The topological polar surface area (TPSA) is 4.93 Å². The Hall–Kier alpha value is -2.48. The van der Waals surface area contributed by atoms with Gasteiger partial charge in [0.1, 0.15) is 0 Å². The summed E-state index contributed by atoms with van der Waals surface area (Å²) in [6, 6.07) is 36.2. The Labute approximate surface area is 194 Å². The van der Waals surface area contributed by atoms with Gasteiger partial charge in [-0.25, -0.2) is 0 Å². The first kappa shape index (κ1) is 18.5. The van der Waals surface area contributed by atoms with Crippen molar-refractivity contribution in [3.8, 4) is 11.1 Å². The Morgan fingerprint density at radius 3 is 2.28 bits per heavy atom. The fraction of sp³-hybridized carbons (Fsp3) is 0.0370. The minimum Gasteiger partial charge on any atom is -0.361 e. The summed E-state index contributed by atoms with van der Waals surface area (Å²) >= 11 is 0. The third-order valence-corrected chi connectivity index (χ3v) is 5.88. The molecule has 0 bridgehead atoms. The fourth-order valence-electron chi connectivity index (χ4n) is 4.46. The molecule has 1 heterocycles. The van der Waals surface area contributed by atoms with Crippen LogP contribution < -0.4 is 0 Å². The maximum absolute atomic E-state index is 3.53. The molecule has 0 fully saturated rings. The van der Waals surface area contributed by atoms with Crippen molar-refractivity contribution in [2.24, 2.45) is 7.05 Å². The number of hydrogen-bond acceptors (Lipinski definition) is 0. The van der Waals surface area contributed by atoms with Crippen molar-refractivity contribution in [3.63, 3.8) is 0 Å². The van der Waals surface area contributed by atoms with Crippen LogP contribution in [-0.4, -0.2) is 4.57 Å². The molecule has 0 atom stereocenters. The van der Waals surface area contributed by atoms with E-state index in [1.807, 2.05) is 0 Å². The molecule has 1 nitrogen and oxygen atoms in total. The monoisotopic (exact) mass is 445 g/mol. The first-order chi connectivity index (χ1) is 13.8. The van der Waals surface area contributed by atoms with Crippen LogP contribution in [0.4, 0.5) is 0 Å². The Kier molecular flexibility index (Phi) is 4.54. The van der Waals surface area contributed by atoms with E-state index in [-0.39, 0.29) is 32.7 Å². The molecule has 2 heteroatoms. The third-order valence-electron chi connectivity index (χ3n) is 5.88. The molecule has 0 aliphatic carbocycles. The van der Waals surface area contributed by atoms with Gasteiger partial charge in [0.15, 0.2) is 0 Å². The van der Waals surface area contributed by atoms with Crippen LogP contribution in [-0.2, 0) is 39.8 Å². The summed E-state index contributed by atoms with van der Waals surface area (Å²) in [7, 11) is 2.15. The Morgan fingerprint density at radius 1 is 0.655 bits per heavy atom. The average Bonchev–Trinajstić information content (AvgIpc) is 3.06. The van der Waals surface area contributed by atoms with Crippen LogP contribution in [0.25, 0.3) is 54.5 Å². The molecule has 0 amide bonds. The van der Waals surface area contributed by atoms with Gasteiger partial charge in [-0.15, -0.1) is 23.6 Å². The van der Waals surface area contributed by atoms with E-state index < -0.39 is 0 Å². The van der Waals surface area contributed by atoms with Gasteiger partial charge in [0, 0.05) is 45.3 Å². The van der Waals surface area contributed by atoms with E-state index in [0.717, 1.165) is 5.39 Å². The van der Waals surface area contributed by atoms with Gasteiger partial charge in [0.2, 0.25) is 0 Å². The maximum atomic E-state index is 3.53. The van der Waals surface area contributed by atoms with Crippen molar-refractivity contribution in [1.29, 1.82) is 0 Å². The number of rotatable bonds is 1. The Morgan fingerprint density at radius 2 is 1.38 bits per heavy atom. The Balaban J connectivity index is 0.00000181. The zero-order chi connectivity index (χ0) is 18.7. The fourth-order valence-corrected chi connectivity index (χ4v) is 4.46. The summed E-state index contributed by atoms with van der Waals surface area (Å²) in [4.78, 5) is 0. The molecule has 0 unspecified atom stereocenters. The molecule has 1 aromatic heterocycles. The van der Waals surface area contributed by atoms with Crippen molar-refractivity contribution in [2.45, 2.75) is 0 Å². The minimum absolute atomic E-state index is 0. The zero-order valence-corrected chi connectivity index (χ0v) is 19.0. The number of aryl methyl sites for hydroxylation is 1. The van der Waals surface area contributed by atoms with E-state index in [4.69, 9.17) is 0 Å². The van der Waals surface area contributed by atoms with Crippen molar-refractivity contribution >= 4 is 43.4 Å². The van der Waals surface area contributed by atoms with Gasteiger partial charge in [-0.3, -0.25) is 0 Å². The van der Waals surface area contributed by atoms with Crippen molar-refractivity contribution in [3.05, 3.63) is 97.1 Å². The van der Waals surface area contributed by atoms with E-state index in [1.54, 1.807) is 0 Å². The normalized spacial score (nSPS) is 11.3. The number of nitrogens with zero attached hydrogens (tertiary/aromatic N) is 1. The van der Waals surface area contributed by atoms with Crippen LogP contribution in [0.3, 0.4) is 0 Å². The number of hydrogen-bond donors (Lipinski definition) is 0. The van der Waals surface area contributed by atoms with Gasteiger partial charge in [-0.1, -0.05) is 83.1 Å². The third kappa shape index (κ3) is 2.84. The molecule has 6 rings (SSSR count). The molecular weight excluding hydrogens is 427 g/mol. The summed E-state index contributed by atoms with van der Waals surface area (Å²) in [5.74, 6) is 0. The smallest absolute Gasteiger partial charge is 0.0381 e. The average molecular weight is 445 g/mol. The second-order valence-electron chi connectivity index (χ2n) is 7.45. The van der Waals surface area contributed by atoms with E-state index in [2.05, 4.69) is 109 Å². The van der Waals surface area contributed by atoms with Gasteiger partial charge in [-0.2, -0.15) is 0 Å². The van der Waals surface area contributed by atoms with Crippen LogP contribution in [0.1, 0.15) is 0 Å². The molecule has 6 aromatic rings. The molecule has 1 radical (unpaired) electrons. The van der Waals surface area contributed by atoms with Crippen LogP contribution >= 0.6 is 0 Å². The predicted molar refractivity (Wildman–Crippen MR) is 120 cm³/mol. The molecule has 0 saturated heterocycles. The van der Waals surface area contributed by atoms with Gasteiger partial charge in [-0.05, 0) is 39.4 Å². The van der Waals surface area contributed by atoms with Gasteiger partial charge < -0.3 is 4.57 Å². The molecule has 0 aliphatic heterocycles. The van der Waals surface area contributed by atoms with Crippen molar-refractivity contribution in [2.75, 3.05) is 0 Å². The van der Waals surface area contributed by atoms with Crippen LogP contribution in [0.2, 0.25) is 0 Å². The number of aromatic nitrogens is 1. The summed E-state index contributed by atoms with van der Waals surface area (Å²) in [6.07, 6.45) is 0. The molecular formula is C27H18NY-. The quantitative estimate of drug-likeness (QED) is 0.238. The molecule has 0 aliphatic rings. The van der Waals surface area contributed by atoms with Gasteiger partial charge >= 0.3 is 0 Å². The second kappa shape index (κ2) is 7.09. The summed E-state index contributed by atoms with van der Waals surface area (Å²) < 4.78 is 2.30. The van der Waals surface area contributed by atoms with E-state index >= 15 is 0 Å². The minimum atomic E-state index is 0. The second-order valence-corrected chi connectivity index (χ2v) is 7.45. The SMILES string of the molecule is Cn1c2ccccc2c2c[c-]c3cc(-c4ccc5ccccc5c4)ccc3c21.[Y]. The summed E-state index contributed by atoms with van der Waals surface area (Å²) in [5.41, 5.74) is 5.01. The molecule has 0 N–H and O–H groups in total. The summed E-state index contributed by atoms with van der Waals surface area (Å²) in [6.45, 7) is 0. The first-order valence-corrected chi connectivity index (χ1v) is 9.60. The van der Waals surface area contributed by atoms with E-state index in [1.165, 1.54) is 49.1 Å². The number of para-hydroxylation sites is 1. The standard InChI is InChI=1S/C27H18N.Y/c1-28-26-9-5-4-8-24(26)25-15-13-22-17-21(12-14-23(22)27(25)28)20-11-10-18-6-2-3-7-19(18)16-20;/h2-12,14-17H,1H3;/q-1;. The van der Waals surface area contributed by atoms with Gasteiger partial charge in [0.25, 0.3) is 0 Å². The zero-order valence-electron chi connectivity index (χ0n) is 16.2. The number of benzene rings is 5. The van der Waals surface area contributed by atoms with E-state index in [9.17, 15) is 0 Å². The molecule has 5 aromatic carbocycles. The predicted octanol–water partition coefficient (Wildman–Crippen LogP) is 7.10. The molecule has 29 heavy (non-hydrogen) atoms. The van der Waals surface area contributed by atoms with E-state index in [0.29, 0.717) is 0 Å². The number of fused-ring (bicyclic) bond motifs is 6. The maximum Gasteiger partial charge on any atom is 0.0381 e. The van der Waals surface area contributed by atoms with Crippen LogP contribution in [0.5, 0.6) is 0 Å². The van der Waals surface area contributed by atoms with Crippen molar-refractivity contribution < 1.29 is 32.7 Å². The van der Waals surface area contributed by atoms with Crippen LogP contribution in [0, 0.1) is 6.07 Å². The van der Waals surface area contributed by atoms with Gasteiger partial charge in [0.05, 0.1) is 0 Å². The van der Waals surface area contributed by atoms with Crippen LogP contribution in [0.15, 0.2) is 91.0 Å². The molecule has 0 spiro atoms. The Bertz CT molecular complexity index is 1520. The summed E-state index contributed by atoms with van der Waals surface area (Å²) in [5, 5.41) is 7.51. The largest absolute Gasteiger partial charge is 0.361 e. The molecule has 0 saturated carbocycles. The van der Waals surface area contributed by atoms with Crippen molar-refractivity contribution in [1.82, 2.24) is 4.57 Å².